The van der Waals surface area contributed by atoms with Gasteiger partial charge in [-0.1, -0.05) is 0 Å². The van der Waals surface area contributed by atoms with Gasteiger partial charge >= 0.3 is 13.1 Å². The minimum absolute atomic E-state index is 0.235. The Kier molecular flexibility index (Phi) is 2.53. The van der Waals surface area contributed by atoms with E-state index in [0.29, 0.717) is 11.4 Å². The first-order valence-corrected chi connectivity index (χ1v) is 6.34. The number of pyridine rings is 1. The molecule has 0 unspecified atom stereocenters. The maximum Gasteiger partial charge on any atom is 0.496 e. The van der Waals surface area contributed by atoms with Crippen molar-refractivity contribution in [3.63, 3.8) is 0 Å². The SMILES string of the molecule is CC1(C)OB(c2cnc3c(c2)OC(=O)C3)OC1(C)C. The predicted octanol–water partition coefficient (Wildman–Crippen LogP) is 0.842. The Hall–Kier alpha value is -1.40. The molecule has 0 amide bonds. The van der Waals surface area contributed by atoms with Crippen LogP contribution in [0.15, 0.2) is 12.3 Å². The zero-order valence-corrected chi connectivity index (χ0v) is 11.5. The third kappa shape index (κ3) is 1.95. The van der Waals surface area contributed by atoms with Crippen molar-refractivity contribution in [1.82, 2.24) is 4.98 Å². The number of carbonyl (C=O) groups excluding carboxylic acids is 1. The molecule has 1 aromatic heterocycles. The van der Waals surface area contributed by atoms with Gasteiger partial charge in [0.2, 0.25) is 0 Å². The van der Waals surface area contributed by atoms with E-state index in [2.05, 4.69) is 4.98 Å². The van der Waals surface area contributed by atoms with Crippen LogP contribution in [0.3, 0.4) is 0 Å². The van der Waals surface area contributed by atoms with Gasteiger partial charge in [0.05, 0.1) is 23.3 Å². The van der Waals surface area contributed by atoms with E-state index >= 15 is 0 Å². The van der Waals surface area contributed by atoms with Gasteiger partial charge in [0.25, 0.3) is 0 Å². The first kappa shape index (κ1) is 12.6. The number of rotatable bonds is 1. The molecule has 19 heavy (non-hydrogen) atoms. The van der Waals surface area contributed by atoms with Gasteiger partial charge in [-0.05, 0) is 33.8 Å². The van der Waals surface area contributed by atoms with Gasteiger partial charge in [-0.25, -0.2) is 0 Å². The Labute approximate surface area is 112 Å². The van der Waals surface area contributed by atoms with Crippen LogP contribution in [0.1, 0.15) is 33.4 Å². The van der Waals surface area contributed by atoms with Crippen molar-refractivity contribution in [1.29, 1.82) is 0 Å². The average molecular weight is 261 g/mol. The summed E-state index contributed by atoms with van der Waals surface area (Å²) in [5.74, 6) is 0.241. The molecule has 3 rings (SSSR count). The van der Waals surface area contributed by atoms with E-state index in [-0.39, 0.29) is 12.4 Å². The van der Waals surface area contributed by atoms with Crippen LogP contribution in [0, 0.1) is 0 Å². The maximum absolute atomic E-state index is 11.2. The first-order chi connectivity index (χ1) is 8.78. The van der Waals surface area contributed by atoms with Crippen molar-refractivity contribution in [3.8, 4) is 5.75 Å². The Bertz CT molecular complexity index is 540. The topological polar surface area (TPSA) is 57.7 Å². The van der Waals surface area contributed by atoms with Gasteiger partial charge < -0.3 is 14.0 Å². The highest BCUT2D eigenvalue weighted by Gasteiger charge is 2.52. The van der Waals surface area contributed by atoms with Crippen LogP contribution in [0.2, 0.25) is 0 Å². The number of ether oxygens (including phenoxy) is 1. The summed E-state index contributed by atoms with van der Waals surface area (Å²) in [7, 11) is -0.484. The summed E-state index contributed by atoms with van der Waals surface area (Å²) in [5.41, 5.74) is 0.651. The molecule has 0 N–H and O–H groups in total. The van der Waals surface area contributed by atoms with E-state index in [1.807, 2.05) is 27.7 Å². The van der Waals surface area contributed by atoms with Crippen molar-refractivity contribution in [3.05, 3.63) is 18.0 Å². The van der Waals surface area contributed by atoms with Crippen LogP contribution in [-0.4, -0.2) is 29.3 Å². The number of carbonyl (C=O) groups is 1. The molecule has 0 atom stereocenters. The Balaban J connectivity index is 1.90. The maximum atomic E-state index is 11.2. The third-order valence-electron chi connectivity index (χ3n) is 4.01. The van der Waals surface area contributed by atoms with Crippen LogP contribution in [0.25, 0.3) is 0 Å². The average Bonchev–Trinajstić information content (AvgIpc) is 2.74. The Morgan fingerprint density at radius 3 is 2.47 bits per heavy atom. The molecule has 0 bridgehead atoms. The number of hydrogen-bond acceptors (Lipinski definition) is 5. The van der Waals surface area contributed by atoms with Crippen LogP contribution in [-0.2, 0) is 20.5 Å². The van der Waals surface area contributed by atoms with Crippen molar-refractivity contribution < 1.29 is 18.8 Å². The van der Waals surface area contributed by atoms with Gasteiger partial charge in [-0.15, -0.1) is 0 Å². The van der Waals surface area contributed by atoms with Gasteiger partial charge in [0, 0.05) is 11.7 Å². The van der Waals surface area contributed by atoms with Gasteiger partial charge in [-0.3, -0.25) is 9.78 Å². The predicted molar refractivity (Wildman–Crippen MR) is 69.3 cm³/mol. The minimum Gasteiger partial charge on any atom is -0.424 e. The monoisotopic (exact) mass is 261 g/mol. The van der Waals surface area contributed by atoms with Crippen molar-refractivity contribution in [2.75, 3.05) is 0 Å². The molecule has 6 heteroatoms. The molecular formula is C13H16BNO4. The normalized spacial score (nSPS) is 23.4. The fourth-order valence-electron chi connectivity index (χ4n) is 2.11. The number of aromatic nitrogens is 1. The standard InChI is InChI=1S/C13H16BNO4/c1-12(2)13(3,4)19-14(18-12)8-5-10-9(15-7-8)6-11(16)17-10/h5,7H,6H2,1-4H3. The molecule has 0 spiro atoms. The lowest BCUT2D eigenvalue weighted by Gasteiger charge is -2.32. The largest absolute Gasteiger partial charge is 0.496 e. The van der Waals surface area contributed by atoms with E-state index in [1.165, 1.54) is 0 Å². The summed E-state index contributed by atoms with van der Waals surface area (Å²) in [6.07, 6.45) is 1.92. The second kappa shape index (κ2) is 3.80. The summed E-state index contributed by atoms with van der Waals surface area (Å²) in [6, 6.07) is 1.77. The van der Waals surface area contributed by atoms with E-state index in [4.69, 9.17) is 14.0 Å². The quantitative estimate of drug-likeness (QED) is 0.554. The molecule has 1 saturated heterocycles. The molecular weight excluding hydrogens is 245 g/mol. The lowest BCUT2D eigenvalue weighted by Crippen LogP contribution is -2.41. The summed E-state index contributed by atoms with van der Waals surface area (Å²) >= 11 is 0. The van der Waals surface area contributed by atoms with Crippen LogP contribution < -0.4 is 10.2 Å². The highest BCUT2D eigenvalue weighted by atomic mass is 16.7. The fourth-order valence-corrected chi connectivity index (χ4v) is 2.11. The molecule has 0 aromatic carbocycles. The van der Waals surface area contributed by atoms with Gasteiger partial charge in [0.15, 0.2) is 5.75 Å². The number of esters is 1. The van der Waals surface area contributed by atoms with Crippen LogP contribution in [0.5, 0.6) is 5.75 Å². The molecule has 0 aliphatic carbocycles. The molecule has 3 heterocycles. The van der Waals surface area contributed by atoms with Crippen LogP contribution in [0.4, 0.5) is 0 Å². The molecule has 1 aromatic rings. The minimum atomic E-state index is -0.484. The fraction of sp³-hybridized carbons (Fsp3) is 0.538. The van der Waals surface area contributed by atoms with Crippen molar-refractivity contribution in [2.45, 2.75) is 45.3 Å². The highest BCUT2D eigenvalue weighted by molar-refractivity contribution is 6.62. The number of hydrogen-bond donors (Lipinski definition) is 0. The molecule has 100 valence electrons. The van der Waals surface area contributed by atoms with Gasteiger partial charge in [0.1, 0.15) is 0 Å². The zero-order chi connectivity index (χ0) is 13.8. The lowest BCUT2D eigenvalue weighted by molar-refractivity contribution is -0.131. The second-order valence-corrected chi connectivity index (χ2v) is 5.95. The Morgan fingerprint density at radius 2 is 1.84 bits per heavy atom. The van der Waals surface area contributed by atoms with Crippen molar-refractivity contribution >= 4 is 18.6 Å². The lowest BCUT2D eigenvalue weighted by atomic mass is 9.80. The van der Waals surface area contributed by atoms with Crippen molar-refractivity contribution in [2.24, 2.45) is 0 Å². The summed E-state index contributed by atoms with van der Waals surface area (Å²) in [5, 5.41) is 0. The van der Waals surface area contributed by atoms with Crippen LogP contribution >= 0.6 is 0 Å². The third-order valence-corrected chi connectivity index (χ3v) is 4.01. The molecule has 1 fully saturated rings. The molecule has 0 radical (unpaired) electrons. The van der Waals surface area contributed by atoms with Gasteiger partial charge in [-0.2, -0.15) is 0 Å². The first-order valence-electron chi connectivity index (χ1n) is 6.34. The summed E-state index contributed by atoms with van der Waals surface area (Å²) in [6.45, 7) is 7.98. The molecule has 0 saturated carbocycles. The summed E-state index contributed by atoms with van der Waals surface area (Å²) < 4.78 is 17.0. The second-order valence-electron chi connectivity index (χ2n) is 5.95. The number of nitrogens with zero attached hydrogens (tertiary/aromatic N) is 1. The van der Waals surface area contributed by atoms with E-state index in [9.17, 15) is 4.79 Å². The van der Waals surface area contributed by atoms with E-state index < -0.39 is 18.3 Å². The molecule has 5 nitrogen and oxygen atoms in total. The Morgan fingerprint density at radius 1 is 1.21 bits per heavy atom. The molecule has 2 aliphatic heterocycles. The number of fused-ring (bicyclic) bond motifs is 1. The molecule has 2 aliphatic rings. The zero-order valence-electron chi connectivity index (χ0n) is 11.5. The highest BCUT2D eigenvalue weighted by Crippen LogP contribution is 2.36. The summed E-state index contributed by atoms with van der Waals surface area (Å²) in [4.78, 5) is 15.5. The smallest absolute Gasteiger partial charge is 0.424 e. The van der Waals surface area contributed by atoms with E-state index in [0.717, 1.165) is 5.46 Å². The van der Waals surface area contributed by atoms with E-state index in [1.54, 1.807) is 12.3 Å².